The minimum Gasteiger partial charge on any atom is -0.370 e. The Morgan fingerprint density at radius 1 is 1.32 bits per heavy atom. The number of guanidine groups is 1. The summed E-state index contributed by atoms with van der Waals surface area (Å²) < 4.78 is 0. The Morgan fingerprint density at radius 3 is 2.55 bits per heavy atom. The maximum atomic E-state index is 12.2. The van der Waals surface area contributed by atoms with Crippen molar-refractivity contribution in [2.75, 3.05) is 13.6 Å². The summed E-state index contributed by atoms with van der Waals surface area (Å²) in [4.78, 5) is 20.6. The number of benzene rings is 1. The van der Waals surface area contributed by atoms with Crippen LogP contribution < -0.4 is 5.73 Å². The number of nitrogens with zero attached hydrogens (tertiary/aromatic N) is 3. The first-order valence-corrected chi connectivity index (χ1v) is 8.02. The lowest BCUT2D eigenvalue weighted by molar-refractivity contribution is -0.131. The molecular weight excluding hydrogens is 276 g/mol. The van der Waals surface area contributed by atoms with Crippen molar-refractivity contribution in [3.05, 3.63) is 35.4 Å². The van der Waals surface area contributed by atoms with E-state index in [1.807, 2.05) is 29.0 Å². The average molecular weight is 300 g/mol. The van der Waals surface area contributed by atoms with E-state index in [1.54, 1.807) is 0 Å². The van der Waals surface area contributed by atoms with Crippen LogP contribution in [0.4, 0.5) is 0 Å². The highest BCUT2D eigenvalue weighted by Crippen LogP contribution is 2.25. The molecule has 2 aliphatic rings. The Morgan fingerprint density at radius 2 is 1.95 bits per heavy atom. The molecule has 1 saturated carbocycles. The number of aliphatic imine (C=N–C) groups is 1. The SMILES string of the molecule is CN(C(N)=NCCCC(=O)N1Cc2ccccc2C1)C1CC1. The highest BCUT2D eigenvalue weighted by molar-refractivity contribution is 5.79. The Hall–Kier alpha value is -2.04. The minimum absolute atomic E-state index is 0.209. The van der Waals surface area contributed by atoms with E-state index < -0.39 is 0 Å². The number of carbonyl (C=O) groups excluding carboxylic acids is 1. The fourth-order valence-electron chi connectivity index (χ4n) is 2.85. The molecule has 0 unspecified atom stereocenters. The van der Waals surface area contributed by atoms with Gasteiger partial charge in [-0.05, 0) is 30.4 Å². The van der Waals surface area contributed by atoms with Gasteiger partial charge < -0.3 is 15.5 Å². The van der Waals surface area contributed by atoms with Crippen LogP contribution in [0.1, 0.15) is 36.8 Å². The number of hydrogen-bond acceptors (Lipinski definition) is 2. The van der Waals surface area contributed by atoms with Crippen molar-refractivity contribution >= 4 is 11.9 Å². The lowest BCUT2D eigenvalue weighted by Gasteiger charge is -2.17. The summed E-state index contributed by atoms with van der Waals surface area (Å²) in [6.45, 7) is 2.10. The molecule has 0 aromatic heterocycles. The fourth-order valence-corrected chi connectivity index (χ4v) is 2.85. The molecule has 0 spiro atoms. The normalized spacial score (nSPS) is 17.5. The first kappa shape index (κ1) is 14.9. The second-order valence-corrected chi connectivity index (χ2v) is 6.20. The number of carbonyl (C=O) groups is 1. The maximum absolute atomic E-state index is 12.2. The molecule has 1 amide bonds. The molecule has 22 heavy (non-hydrogen) atoms. The Bertz CT molecular complexity index is 555. The number of hydrogen-bond donors (Lipinski definition) is 1. The molecule has 1 fully saturated rings. The second kappa shape index (κ2) is 6.38. The summed E-state index contributed by atoms with van der Waals surface area (Å²) in [7, 11) is 1.99. The molecule has 1 heterocycles. The molecule has 5 heteroatoms. The molecule has 1 aliphatic heterocycles. The van der Waals surface area contributed by atoms with E-state index in [2.05, 4.69) is 17.1 Å². The largest absolute Gasteiger partial charge is 0.370 e. The van der Waals surface area contributed by atoms with Gasteiger partial charge in [0.1, 0.15) is 0 Å². The van der Waals surface area contributed by atoms with Crippen LogP contribution in [0.2, 0.25) is 0 Å². The molecule has 0 atom stereocenters. The van der Waals surface area contributed by atoms with Crippen molar-refractivity contribution in [2.24, 2.45) is 10.7 Å². The maximum Gasteiger partial charge on any atom is 0.223 e. The molecule has 3 rings (SSSR count). The van der Waals surface area contributed by atoms with Gasteiger partial charge in [-0.15, -0.1) is 0 Å². The third-order valence-corrected chi connectivity index (χ3v) is 4.47. The van der Waals surface area contributed by atoms with E-state index >= 15 is 0 Å². The minimum atomic E-state index is 0.209. The Labute approximate surface area is 131 Å². The number of nitrogens with two attached hydrogens (primary N) is 1. The number of amides is 1. The summed E-state index contributed by atoms with van der Waals surface area (Å²) in [5, 5.41) is 0. The van der Waals surface area contributed by atoms with Gasteiger partial charge in [0.2, 0.25) is 5.91 Å². The zero-order chi connectivity index (χ0) is 15.5. The van der Waals surface area contributed by atoms with Crippen molar-refractivity contribution in [3.63, 3.8) is 0 Å². The van der Waals surface area contributed by atoms with E-state index in [0.717, 1.165) is 19.5 Å². The van der Waals surface area contributed by atoms with Crippen molar-refractivity contribution in [1.29, 1.82) is 0 Å². The van der Waals surface area contributed by atoms with E-state index in [-0.39, 0.29) is 5.91 Å². The zero-order valence-electron chi connectivity index (χ0n) is 13.2. The van der Waals surface area contributed by atoms with E-state index in [9.17, 15) is 4.79 Å². The van der Waals surface area contributed by atoms with E-state index in [4.69, 9.17) is 5.73 Å². The summed E-state index contributed by atoms with van der Waals surface area (Å²) in [6, 6.07) is 8.83. The zero-order valence-corrected chi connectivity index (χ0v) is 13.2. The summed E-state index contributed by atoms with van der Waals surface area (Å²) in [5.74, 6) is 0.809. The van der Waals surface area contributed by atoms with Gasteiger partial charge in [0, 0.05) is 39.1 Å². The smallest absolute Gasteiger partial charge is 0.223 e. The topological polar surface area (TPSA) is 61.9 Å². The van der Waals surface area contributed by atoms with Crippen LogP contribution in [0.3, 0.4) is 0 Å². The average Bonchev–Trinajstić information content (AvgIpc) is 3.28. The fraction of sp³-hybridized carbons (Fsp3) is 0.529. The van der Waals surface area contributed by atoms with Gasteiger partial charge in [0.05, 0.1) is 0 Å². The summed E-state index contributed by atoms with van der Waals surface area (Å²) in [5.41, 5.74) is 8.47. The monoisotopic (exact) mass is 300 g/mol. The third kappa shape index (κ3) is 3.40. The molecule has 0 radical (unpaired) electrons. The lowest BCUT2D eigenvalue weighted by atomic mass is 10.1. The van der Waals surface area contributed by atoms with Gasteiger partial charge in [-0.3, -0.25) is 9.79 Å². The lowest BCUT2D eigenvalue weighted by Crippen LogP contribution is -2.35. The third-order valence-electron chi connectivity index (χ3n) is 4.47. The molecular formula is C17H24N4O. The van der Waals surface area contributed by atoms with E-state index in [1.165, 1.54) is 24.0 Å². The summed E-state index contributed by atoms with van der Waals surface area (Å²) >= 11 is 0. The molecule has 1 aliphatic carbocycles. The van der Waals surface area contributed by atoms with Crippen molar-refractivity contribution in [2.45, 2.75) is 44.8 Å². The first-order chi connectivity index (χ1) is 10.6. The Balaban J connectivity index is 1.41. The van der Waals surface area contributed by atoms with Crippen LogP contribution in [0.25, 0.3) is 0 Å². The molecule has 2 N–H and O–H groups in total. The van der Waals surface area contributed by atoms with Gasteiger partial charge in [0.25, 0.3) is 0 Å². The quantitative estimate of drug-likeness (QED) is 0.511. The van der Waals surface area contributed by atoms with Gasteiger partial charge in [-0.2, -0.15) is 0 Å². The van der Waals surface area contributed by atoms with Gasteiger partial charge >= 0.3 is 0 Å². The van der Waals surface area contributed by atoms with Gasteiger partial charge in [-0.1, -0.05) is 24.3 Å². The van der Waals surface area contributed by atoms with Gasteiger partial charge in [0.15, 0.2) is 5.96 Å². The van der Waals surface area contributed by atoms with Crippen LogP contribution in [-0.2, 0) is 17.9 Å². The van der Waals surface area contributed by atoms with Crippen LogP contribution in [0, 0.1) is 0 Å². The predicted octanol–water partition coefficient (Wildman–Crippen LogP) is 1.72. The highest BCUT2D eigenvalue weighted by Gasteiger charge is 2.27. The van der Waals surface area contributed by atoms with Crippen molar-refractivity contribution in [3.8, 4) is 0 Å². The molecule has 1 aromatic carbocycles. The van der Waals surface area contributed by atoms with Crippen molar-refractivity contribution in [1.82, 2.24) is 9.80 Å². The first-order valence-electron chi connectivity index (χ1n) is 8.02. The van der Waals surface area contributed by atoms with Crippen LogP contribution in [-0.4, -0.2) is 41.3 Å². The predicted molar refractivity (Wildman–Crippen MR) is 87.2 cm³/mol. The standard InChI is InChI=1S/C17H24N4O/c1-20(15-8-9-15)17(18)19-10-4-7-16(22)21-11-13-5-2-3-6-14(13)12-21/h2-3,5-6,15H,4,7-12H2,1H3,(H2,18,19). The molecule has 0 saturated heterocycles. The van der Waals surface area contributed by atoms with Crippen molar-refractivity contribution < 1.29 is 4.79 Å². The summed E-state index contributed by atoms with van der Waals surface area (Å²) in [6.07, 6.45) is 3.71. The number of rotatable bonds is 5. The number of fused-ring (bicyclic) bond motifs is 1. The Kier molecular flexibility index (Phi) is 4.32. The van der Waals surface area contributed by atoms with Crippen LogP contribution in [0.15, 0.2) is 29.3 Å². The molecule has 5 nitrogen and oxygen atoms in total. The van der Waals surface area contributed by atoms with Gasteiger partial charge in [-0.25, -0.2) is 0 Å². The molecule has 118 valence electrons. The molecule has 0 bridgehead atoms. The van der Waals surface area contributed by atoms with Crippen LogP contribution >= 0.6 is 0 Å². The van der Waals surface area contributed by atoms with E-state index in [0.29, 0.717) is 25.0 Å². The second-order valence-electron chi connectivity index (χ2n) is 6.20. The van der Waals surface area contributed by atoms with Crippen LogP contribution in [0.5, 0.6) is 0 Å². The molecule has 1 aromatic rings. The highest BCUT2D eigenvalue weighted by atomic mass is 16.2.